The highest BCUT2D eigenvalue weighted by Gasteiger charge is 2.18. The summed E-state index contributed by atoms with van der Waals surface area (Å²) in [6, 6.07) is 18.3. The Bertz CT molecular complexity index is 1640. The molecule has 5 aromatic rings. The van der Waals surface area contributed by atoms with Crippen LogP contribution in [0.3, 0.4) is 0 Å². The van der Waals surface area contributed by atoms with Crippen molar-refractivity contribution in [2.24, 2.45) is 0 Å². The van der Waals surface area contributed by atoms with Crippen LogP contribution in [0.2, 0.25) is 0 Å². The van der Waals surface area contributed by atoms with Crippen LogP contribution >= 0.6 is 0 Å². The number of pyridine rings is 1. The van der Waals surface area contributed by atoms with E-state index >= 15 is 0 Å². The standard InChI is InChI=1S/C28H21F2N3O/c1-16-11-24-25(12-17(16)2)28(34)33(32-27(24)23-8-7-21(29)15-26(23)30)22-6-4-5-19(14-22)20-9-10-31-18(3)13-20/h4-15H,1-3H3. The molecule has 0 aliphatic carbocycles. The molecular weight excluding hydrogens is 432 g/mol. The maximum atomic E-state index is 14.8. The second-order valence-corrected chi connectivity index (χ2v) is 8.41. The fraction of sp³-hybridized carbons (Fsp3) is 0.107. The Morgan fingerprint density at radius 2 is 1.53 bits per heavy atom. The van der Waals surface area contributed by atoms with Crippen molar-refractivity contribution in [2.75, 3.05) is 0 Å². The molecule has 0 amide bonds. The third-order valence-electron chi connectivity index (χ3n) is 6.02. The number of rotatable bonds is 3. The largest absolute Gasteiger partial charge is 0.279 e. The van der Waals surface area contributed by atoms with Crippen LogP contribution in [-0.4, -0.2) is 14.8 Å². The normalized spacial score (nSPS) is 11.2. The average Bonchev–Trinajstić information content (AvgIpc) is 2.81. The van der Waals surface area contributed by atoms with Crippen LogP contribution in [-0.2, 0) is 0 Å². The van der Waals surface area contributed by atoms with Gasteiger partial charge in [-0.2, -0.15) is 9.78 Å². The Morgan fingerprint density at radius 1 is 0.794 bits per heavy atom. The fourth-order valence-corrected chi connectivity index (χ4v) is 4.10. The summed E-state index contributed by atoms with van der Waals surface area (Å²) >= 11 is 0. The molecule has 0 fully saturated rings. The van der Waals surface area contributed by atoms with Crippen molar-refractivity contribution < 1.29 is 8.78 Å². The van der Waals surface area contributed by atoms with Gasteiger partial charge in [0.25, 0.3) is 5.56 Å². The minimum atomic E-state index is -0.738. The van der Waals surface area contributed by atoms with Crippen LogP contribution in [0.1, 0.15) is 16.8 Å². The van der Waals surface area contributed by atoms with Crippen LogP contribution in [0.15, 0.2) is 77.7 Å². The predicted molar refractivity (Wildman–Crippen MR) is 130 cm³/mol. The minimum Gasteiger partial charge on any atom is -0.267 e. The highest BCUT2D eigenvalue weighted by Crippen LogP contribution is 2.30. The van der Waals surface area contributed by atoms with Gasteiger partial charge in [0.15, 0.2) is 0 Å². The summed E-state index contributed by atoms with van der Waals surface area (Å²) in [6.45, 7) is 5.76. The van der Waals surface area contributed by atoms with Gasteiger partial charge in [0.2, 0.25) is 0 Å². The molecule has 0 unspecified atom stereocenters. The Balaban J connectivity index is 1.81. The van der Waals surface area contributed by atoms with E-state index in [0.717, 1.165) is 34.0 Å². The summed E-state index contributed by atoms with van der Waals surface area (Å²) in [6.07, 6.45) is 1.73. The maximum absolute atomic E-state index is 14.8. The van der Waals surface area contributed by atoms with Crippen molar-refractivity contribution in [3.05, 3.63) is 112 Å². The van der Waals surface area contributed by atoms with Gasteiger partial charge in [-0.05, 0) is 91.6 Å². The van der Waals surface area contributed by atoms with Crippen molar-refractivity contribution in [3.63, 3.8) is 0 Å². The summed E-state index contributed by atoms with van der Waals surface area (Å²) in [4.78, 5) is 17.8. The first-order valence-corrected chi connectivity index (χ1v) is 10.8. The molecular formula is C28H21F2N3O. The summed E-state index contributed by atoms with van der Waals surface area (Å²) in [7, 11) is 0. The molecule has 0 N–H and O–H groups in total. The molecule has 0 bridgehead atoms. The molecule has 5 rings (SSSR count). The molecule has 0 atom stereocenters. The van der Waals surface area contributed by atoms with E-state index < -0.39 is 11.6 Å². The Labute approximate surface area is 195 Å². The van der Waals surface area contributed by atoms with Gasteiger partial charge in [0, 0.05) is 28.9 Å². The molecule has 3 aromatic carbocycles. The highest BCUT2D eigenvalue weighted by atomic mass is 19.1. The lowest BCUT2D eigenvalue weighted by molar-refractivity contribution is 0.585. The maximum Gasteiger partial charge on any atom is 0.279 e. The molecule has 4 nitrogen and oxygen atoms in total. The lowest BCUT2D eigenvalue weighted by Gasteiger charge is -2.14. The number of aromatic nitrogens is 3. The third kappa shape index (κ3) is 3.77. The molecule has 0 aliphatic heterocycles. The third-order valence-corrected chi connectivity index (χ3v) is 6.02. The zero-order chi connectivity index (χ0) is 24.0. The average molecular weight is 453 g/mol. The molecule has 2 aromatic heterocycles. The van der Waals surface area contributed by atoms with Gasteiger partial charge in [-0.15, -0.1) is 0 Å². The fourth-order valence-electron chi connectivity index (χ4n) is 4.10. The van der Waals surface area contributed by atoms with Crippen molar-refractivity contribution in [3.8, 4) is 28.1 Å². The Kier molecular flexibility index (Phi) is 5.28. The van der Waals surface area contributed by atoms with Crippen molar-refractivity contribution in [1.82, 2.24) is 14.8 Å². The first-order chi connectivity index (χ1) is 16.3. The number of hydrogen-bond donors (Lipinski definition) is 0. The van der Waals surface area contributed by atoms with Crippen LogP contribution in [0.5, 0.6) is 0 Å². The van der Waals surface area contributed by atoms with Crippen molar-refractivity contribution >= 4 is 10.8 Å². The van der Waals surface area contributed by atoms with Crippen LogP contribution < -0.4 is 5.56 Å². The molecule has 6 heteroatoms. The highest BCUT2D eigenvalue weighted by molar-refractivity contribution is 5.95. The van der Waals surface area contributed by atoms with Crippen LogP contribution in [0, 0.1) is 32.4 Å². The van der Waals surface area contributed by atoms with E-state index in [9.17, 15) is 13.6 Å². The smallest absolute Gasteiger partial charge is 0.267 e. The van der Waals surface area contributed by atoms with Crippen molar-refractivity contribution in [1.29, 1.82) is 0 Å². The number of aryl methyl sites for hydroxylation is 3. The quantitative estimate of drug-likeness (QED) is 0.321. The van der Waals surface area contributed by atoms with Gasteiger partial charge in [0.1, 0.15) is 17.3 Å². The Morgan fingerprint density at radius 3 is 2.26 bits per heavy atom. The van der Waals surface area contributed by atoms with Gasteiger partial charge in [0.05, 0.1) is 11.1 Å². The molecule has 0 saturated heterocycles. The molecule has 0 aliphatic rings. The van der Waals surface area contributed by atoms with E-state index in [2.05, 4.69) is 10.1 Å². The lowest BCUT2D eigenvalue weighted by Crippen LogP contribution is -2.22. The van der Waals surface area contributed by atoms with Gasteiger partial charge < -0.3 is 0 Å². The van der Waals surface area contributed by atoms with Crippen molar-refractivity contribution in [2.45, 2.75) is 20.8 Å². The lowest BCUT2D eigenvalue weighted by atomic mass is 9.99. The topological polar surface area (TPSA) is 47.8 Å². The van der Waals surface area contributed by atoms with E-state index in [1.54, 1.807) is 18.3 Å². The van der Waals surface area contributed by atoms with E-state index in [1.165, 1.54) is 16.8 Å². The minimum absolute atomic E-state index is 0.129. The molecule has 34 heavy (non-hydrogen) atoms. The first kappa shape index (κ1) is 21.6. The van der Waals surface area contributed by atoms with E-state index in [-0.39, 0.29) is 16.8 Å². The molecule has 2 heterocycles. The number of halogens is 2. The monoisotopic (exact) mass is 453 g/mol. The second-order valence-electron chi connectivity index (χ2n) is 8.41. The van der Waals surface area contributed by atoms with Crippen LogP contribution in [0.25, 0.3) is 38.8 Å². The Hall–Kier alpha value is -4.19. The number of nitrogens with zero attached hydrogens (tertiary/aromatic N) is 3. The van der Waals surface area contributed by atoms with E-state index in [4.69, 9.17) is 0 Å². The van der Waals surface area contributed by atoms with Gasteiger partial charge >= 0.3 is 0 Å². The molecule has 0 saturated carbocycles. The van der Waals surface area contributed by atoms with E-state index in [1.807, 2.05) is 57.2 Å². The summed E-state index contributed by atoms with van der Waals surface area (Å²) in [5, 5.41) is 5.53. The van der Waals surface area contributed by atoms with Gasteiger partial charge in [-0.3, -0.25) is 9.78 Å². The summed E-state index contributed by atoms with van der Waals surface area (Å²) < 4.78 is 29.7. The number of hydrogen-bond acceptors (Lipinski definition) is 3. The predicted octanol–water partition coefficient (Wildman–Crippen LogP) is 6.32. The van der Waals surface area contributed by atoms with E-state index in [0.29, 0.717) is 16.5 Å². The first-order valence-electron chi connectivity index (χ1n) is 10.8. The molecule has 0 spiro atoms. The number of fused-ring (bicyclic) bond motifs is 1. The molecule has 168 valence electrons. The zero-order valence-corrected chi connectivity index (χ0v) is 18.9. The zero-order valence-electron chi connectivity index (χ0n) is 18.9. The number of benzene rings is 3. The van der Waals surface area contributed by atoms with Crippen LogP contribution in [0.4, 0.5) is 8.78 Å². The van der Waals surface area contributed by atoms with Gasteiger partial charge in [-0.1, -0.05) is 12.1 Å². The van der Waals surface area contributed by atoms with Gasteiger partial charge in [-0.25, -0.2) is 8.78 Å². The second kappa shape index (κ2) is 8.30. The molecule has 0 radical (unpaired) electrons. The SMILES string of the molecule is Cc1cc(-c2cccc(-n3nc(-c4ccc(F)cc4F)c4cc(C)c(C)cc4c3=O)c2)ccn1. The summed E-state index contributed by atoms with van der Waals surface area (Å²) in [5.41, 5.74) is 5.26. The summed E-state index contributed by atoms with van der Waals surface area (Å²) in [5.74, 6) is -1.41.